The summed E-state index contributed by atoms with van der Waals surface area (Å²) in [5, 5.41) is 11.6. The summed E-state index contributed by atoms with van der Waals surface area (Å²) < 4.78 is 27.7. The fourth-order valence-corrected chi connectivity index (χ4v) is 2.12. The molecule has 0 N–H and O–H groups in total. The van der Waals surface area contributed by atoms with Crippen LogP contribution in [0.25, 0.3) is 0 Å². The number of benzene rings is 1. The predicted molar refractivity (Wildman–Crippen MR) is 58.3 cm³/mol. The van der Waals surface area contributed by atoms with Gasteiger partial charge in [0.05, 0.1) is 11.5 Å². The third-order valence-corrected chi connectivity index (χ3v) is 3.26. The van der Waals surface area contributed by atoms with Gasteiger partial charge in [0.15, 0.2) is 9.84 Å². The average Bonchev–Trinajstić information content (AvgIpc) is 2.30. The van der Waals surface area contributed by atoms with Gasteiger partial charge in [0.25, 0.3) is 0 Å². The standard InChI is InChI=1S/C11H12O5S.Na/c1-2-16-11(13)10(12)8-17(14,15)9-6-4-3-5-7-9;/h3-8,12H,2H2,1H3;/q;+1/p-1/b10-8-;. The van der Waals surface area contributed by atoms with E-state index in [1.54, 1.807) is 6.07 Å². The van der Waals surface area contributed by atoms with Crippen molar-refractivity contribution in [2.45, 2.75) is 11.8 Å². The second-order valence-corrected chi connectivity index (χ2v) is 4.86. The van der Waals surface area contributed by atoms with E-state index in [0.717, 1.165) is 0 Å². The van der Waals surface area contributed by atoms with Gasteiger partial charge in [-0.3, -0.25) is 0 Å². The first-order valence-corrected chi connectivity index (χ1v) is 6.38. The molecule has 0 aliphatic heterocycles. The molecule has 1 aromatic carbocycles. The number of sulfone groups is 1. The van der Waals surface area contributed by atoms with Crippen LogP contribution in [-0.2, 0) is 19.4 Å². The Kier molecular flexibility index (Phi) is 7.23. The van der Waals surface area contributed by atoms with E-state index in [9.17, 15) is 18.3 Å². The van der Waals surface area contributed by atoms with Gasteiger partial charge >= 0.3 is 35.5 Å². The van der Waals surface area contributed by atoms with Crippen molar-refractivity contribution in [2.75, 3.05) is 6.61 Å². The van der Waals surface area contributed by atoms with Crippen molar-refractivity contribution >= 4 is 15.8 Å². The fourth-order valence-electron chi connectivity index (χ4n) is 1.07. The van der Waals surface area contributed by atoms with Gasteiger partial charge in [-0.05, 0) is 24.8 Å². The van der Waals surface area contributed by atoms with Crippen LogP contribution in [0, 0.1) is 0 Å². The van der Waals surface area contributed by atoms with Crippen LogP contribution in [0.4, 0.5) is 0 Å². The molecule has 0 radical (unpaired) electrons. The van der Waals surface area contributed by atoms with E-state index in [2.05, 4.69) is 4.74 Å². The predicted octanol–water partition coefficient (Wildman–Crippen LogP) is -2.77. The average molecular weight is 278 g/mol. The molecule has 0 saturated carbocycles. The molecule has 0 amide bonds. The summed E-state index contributed by atoms with van der Waals surface area (Å²) in [6.07, 6.45) is 0. The molecule has 7 heteroatoms. The summed E-state index contributed by atoms with van der Waals surface area (Å²) in [5.41, 5.74) is 0. The molecule has 92 valence electrons. The number of ether oxygens (including phenoxy) is 1. The Labute approximate surface area is 128 Å². The minimum Gasteiger partial charge on any atom is -0.867 e. The Bertz CT molecular complexity index is 522. The second kappa shape index (κ2) is 7.58. The summed E-state index contributed by atoms with van der Waals surface area (Å²) in [5.74, 6) is -2.36. The largest absolute Gasteiger partial charge is 1.00 e. The van der Waals surface area contributed by atoms with Gasteiger partial charge in [0, 0.05) is 5.41 Å². The van der Waals surface area contributed by atoms with Crippen LogP contribution in [0.5, 0.6) is 0 Å². The fraction of sp³-hybridized carbons (Fsp3) is 0.182. The van der Waals surface area contributed by atoms with Crippen LogP contribution >= 0.6 is 0 Å². The van der Waals surface area contributed by atoms with Crippen molar-refractivity contribution in [3.63, 3.8) is 0 Å². The van der Waals surface area contributed by atoms with E-state index in [1.807, 2.05) is 0 Å². The molecule has 0 atom stereocenters. The number of carbonyl (C=O) groups excluding carboxylic acids is 1. The number of carbonyl (C=O) groups is 1. The molecule has 0 aromatic heterocycles. The van der Waals surface area contributed by atoms with Crippen LogP contribution in [0.3, 0.4) is 0 Å². The maximum absolute atomic E-state index is 11.7. The van der Waals surface area contributed by atoms with Crippen molar-refractivity contribution in [3.8, 4) is 0 Å². The minimum atomic E-state index is -3.90. The minimum absolute atomic E-state index is 0. The third-order valence-electron chi connectivity index (χ3n) is 1.81. The molecule has 0 saturated heterocycles. The molecule has 0 spiro atoms. The van der Waals surface area contributed by atoms with Crippen LogP contribution in [0.2, 0.25) is 0 Å². The molecule has 0 aliphatic rings. The summed E-state index contributed by atoms with van der Waals surface area (Å²) in [6, 6.07) is 7.37. The molecule has 18 heavy (non-hydrogen) atoms. The maximum atomic E-state index is 11.7. The number of hydrogen-bond donors (Lipinski definition) is 0. The van der Waals surface area contributed by atoms with Gasteiger partial charge in [0.1, 0.15) is 0 Å². The van der Waals surface area contributed by atoms with Gasteiger partial charge in [-0.15, -0.1) is 0 Å². The maximum Gasteiger partial charge on any atom is 1.00 e. The van der Waals surface area contributed by atoms with Gasteiger partial charge in [-0.2, -0.15) is 0 Å². The summed E-state index contributed by atoms with van der Waals surface area (Å²) >= 11 is 0. The molecule has 0 heterocycles. The molecule has 5 nitrogen and oxygen atoms in total. The van der Waals surface area contributed by atoms with E-state index < -0.39 is 21.6 Å². The first kappa shape index (κ1) is 17.2. The monoisotopic (exact) mass is 278 g/mol. The number of esters is 1. The zero-order valence-electron chi connectivity index (χ0n) is 10.1. The van der Waals surface area contributed by atoms with Crippen LogP contribution in [-0.4, -0.2) is 21.0 Å². The SMILES string of the molecule is CCOC(=O)/C([O-])=C/S(=O)(=O)c1ccccc1.[Na+]. The molecular weight excluding hydrogens is 267 g/mol. The first-order chi connectivity index (χ1) is 7.97. The molecule has 1 aromatic rings. The summed E-state index contributed by atoms with van der Waals surface area (Å²) in [7, 11) is -3.90. The van der Waals surface area contributed by atoms with Crippen LogP contribution < -0.4 is 34.7 Å². The van der Waals surface area contributed by atoms with Crippen LogP contribution in [0.1, 0.15) is 6.92 Å². The van der Waals surface area contributed by atoms with Gasteiger partial charge < -0.3 is 9.84 Å². The molecule has 0 fully saturated rings. The Morgan fingerprint density at radius 1 is 1.33 bits per heavy atom. The van der Waals surface area contributed by atoms with E-state index in [-0.39, 0.29) is 41.1 Å². The van der Waals surface area contributed by atoms with E-state index in [4.69, 9.17) is 0 Å². The van der Waals surface area contributed by atoms with Crippen molar-refractivity contribution in [1.29, 1.82) is 0 Å². The first-order valence-electron chi connectivity index (χ1n) is 4.83. The van der Waals surface area contributed by atoms with E-state index >= 15 is 0 Å². The van der Waals surface area contributed by atoms with Gasteiger partial charge in [-0.1, -0.05) is 18.2 Å². The second-order valence-electron chi connectivity index (χ2n) is 3.06. The normalized spacial score (nSPS) is 11.5. The molecule has 0 unspecified atom stereocenters. The van der Waals surface area contributed by atoms with Crippen molar-refractivity contribution in [3.05, 3.63) is 41.5 Å². The summed E-state index contributed by atoms with van der Waals surface area (Å²) in [6.45, 7) is 1.54. The molecule has 0 bridgehead atoms. The number of hydrogen-bond acceptors (Lipinski definition) is 5. The third kappa shape index (κ3) is 4.81. The zero-order valence-corrected chi connectivity index (χ0v) is 12.9. The van der Waals surface area contributed by atoms with Gasteiger partial charge in [0.2, 0.25) is 0 Å². The number of rotatable bonds is 4. The Morgan fingerprint density at radius 2 is 1.89 bits per heavy atom. The van der Waals surface area contributed by atoms with Crippen molar-refractivity contribution < 1.29 is 52.6 Å². The van der Waals surface area contributed by atoms with E-state index in [0.29, 0.717) is 5.41 Å². The Hall–Kier alpha value is -0.820. The Balaban J connectivity index is 0.00000289. The van der Waals surface area contributed by atoms with Gasteiger partial charge in [-0.25, -0.2) is 13.2 Å². The quantitative estimate of drug-likeness (QED) is 0.258. The summed E-state index contributed by atoms with van der Waals surface area (Å²) in [4.78, 5) is 10.9. The molecular formula is C11H11NaO5S. The smallest absolute Gasteiger partial charge is 0.867 e. The van der Waals surface area contributed by atoms with Crippen molar-refractivity contribution in [2.24, 2.45) is 0 Å². The van der Waals surface area contributed by atoms with Crippen LogP contribution in [0.15, 0.2) is 46.4 Å². The van der Waals surface area contributed by atoms with E-state index in [1.165, 1.54) is 31.2 Å². The molecule has 0 aliphatic carbocycles. The van der Waals surface area contributed by atoms with Crippen molar-refractivity contribution in [1.82, 2.24) is 0 Å². The Morgan fingerprint density at radius 3 is 2.39 bits per heavy atom. The zero-order chi connectivity index (χ0) is 12.9. The topological polar surface area (TPSA) is 83.5 Å². The molecule has 1 rings (SSSR count).